The summed E-state index contributed by atoms with van der Waals surface area (Å²) >= 11 is 0. The van der Waals surface area contributed by atoms with Crippen LogP contribution in [-0.2, 0) is 4.79 Å². The van der Waals surface area contributed by atoms with Crippen LogP contribution >= 0.6 is 0 Å². The summed E-state index contributed by atoms with van der Waals surface area (Å²) in [5.41, 5.74) is 3.76. The molecule has 2 aliphatic carbocycles. The van der Waals surface area contributed by atoms with Crippen LogP contribution in [0.5, 0.6) is 5.75 Å². The number of carboxylic acids is 1. The molecular weight excluding hydrogens is 324 g/mol. The molecule has 0 saturated heterocycles. The molecule has 0 aromatic heterocycles. The molecule has 0 heterocycles. The molecule has 0 bridgehead atoms. The van der Waals surface area contributed by atoms with Crippen molar-refractivity contribution in [1.82, 2.24) is 0 Å². The topological polar surface area (TPSA) is 46.5 Å². The van der Waals surface area contributed by atoms with Gasteiger partial charge in [-0.25, -0.2) is 0 Å². The number of allylic oxidation sites excluding steroid dienone is 4. The molecule has 2 aliphatic rings. The number of rotatable bonds is 5. The molecule has 26 heavy (non-hydrogen) atoms. The van der Waals surface area contributed by atoms with Crippen molar-refractivity contribution in [3.05, 3.63) is 47.6 Å². The van der Waals surface area contributed by atoms with Crippen LogP contribution in [0.25, 0.3) is 5.57 Å². The highest BCUT2D eigenvalue weighted by Gasteiger charge is 2.27. The molecule has 1 fully saturated rings. The molecule has 3 nitrogen and oxygen atoms in total. The predicted octanol–water partition coefficient (Wildman–Crippen LogP) is 5.86. The molecule has 3 heteroatoms. The highest BCUT2D eigenvalue weighted by molar-refractivity contribution is 5.76. The first kappa shape index (κ1) is 18.8. The minimum absolute atomic E-state index is 0.171. The van der Waals surface area contributed by atoms with E-state index in [1.54, 1.807) is 7.11 Å². The summed E-state index contributed by atoms with van der Waals surface area (Å²) in [4.78, 5) is 11.5. The Bertz CT molecular complexity index is 680. The summed E-state index contributed by atoms with van der Waals surface area (Å²) in [6.07, 6.45) is 14.2. The van der Waals surface area contributed by atoms with Crippen LogP contribution in [0.2, 0.25) is 0 Å². The fourth-order valence-electron chi connectivity index (χ4n) is 4.47. The van der Waals surface area contributed by atoms with Gasteiger partial charge in [-0.3, -0.25) is 4.79 Å². The summed E-state index contributed by atoms with van der Waals surface area (Å²) in [6, 6.07) is 8.19. The van der Waals surface area contributed by atoms with Crippen molar-refractivity contribution in [1.29, 1.82) is 0 Å². The lowest BCUT2D eigenvalue weighted by Gasteiger charge is -2.31. The Kier molecular flexibility index (Phi) is 6.54. The summed E-state index contributed by atoms with van der Waals surface area (Å²) in [6.45, 7) is 0. The van der Waals surface area contributed by atoms with E-state index in [0.29, 0.717) is 5.92 Å². The molecule has 1 atom stereocenters. The van der Waals surface area contributed by atoms with Crippen molar-refractivity contribution in [3.63, 3.8) is 0 Å². The third-order valence-corrected chi connectivity index (χ3v) is 5.82. The highest BCUT2D eigenvalue weighted by atomic mass is 16.5. The number of aliphatic carboxylic acids is 1. The van der Waals surface area contributed by atoms with Crippen molar-refractivity contribution in [3.8, 4) is 5.75 Å². The van der Waals surface area contributed by atoms with Gasteiger partial charge in [0.15, 0.2) is 0 Å². The molecule has 140 valence electrons. The lowest BCUT2D eigenvalue weighted by atomic mass is 9.74. The Hall–Kier alpha value is -2.03. The van der Waals surface area contributed by atoms with E-state index in [9.17, 15) is 9.90 Å². The van der Waals surface area contributed by atoms with E-state index in [1.807, 2.05) is 12.1 Å². The van der Waals surface area contributed by atoms with Gasteiger partial charge < -0.3 is 9.84 Å². The minimum atomic E-state index is -0.677. The molecule has 0 spiro atoms. The fraction of sp³-hybridized carbons (Fsp3) is 0.522. The summed E-state index contributed by atoms with van der Waals surface area (Å²) < 4.78 is 5.39. The normalized spacial score (nSPS) is 26.0. The van der Waals surface area contributed by atoms with Gasteiger partial charge in [0.2, 0.25) is 0 Å². The zero-order valence-electron chi connectivity index (χ0n) is 15.7. The van der Waals surface area contributed by atoms with Crippen LogP contribution in [-0.4, -0.2) is 18.2 Å². The second-order valence-corrected chi connectivity index (χ2v) is 7.60. The number of carboxylic acid groups (broad SMARTS) is 1. The minimum Gasteiger partial charge on any atom is -0.497 e. The van der Waals surface area contributed by atoms with E-state index in [-0.39, 0.29) is 12.3 Å². The number of ether oxygens (including phenoxy) is 1. The first-order chi connectivity index (χ1) is 12.7. The van der Waals surface area contributed by atoms with E-state index in [0.717, 1.165) is 30.6 Å². The average Bonchev–Trinajstić information content (AvgIpc) is 2.65. The zero-order chi connectivity index (χ0) is 18.4. The van der Waals surface area contributed by atoms with E-state index in [2.05, 4.69) is 24.3 Å². The molecule has 0 aliphatic heterocycles. The maximum Gasteiger partial charge on any atom is 0.303 e. The van der Waals surface area contributed by atoms with Gasteiger partial charge in [0.25, 0.3) is 0 Å². The number of benzene rings is 1. The first-order valence-electron chi connectivity index (χ1n) is 9.95. The van der Waals surface area contributed by atoms with Crippen LogP contribution in [0.3, 0.4) is 0 Å². The van der Waals surface area contributed by atoms with Crippen molar-refractivity contribution < 1.29 is 14.6 Å². The fourth-order valence-corrected chi connectivity index (χ4v) is 4.47. The quantitative estimate of drug-likeness (QED) is 0.720. The van der Waals surface area contributed by atoms with E-state index < -0.39 is 5.97 Å². The van der Waals surface area contributed by atoms with Crippen LogP contribution in [0, 0.1) is 11.8 Å². The van der Waals surface area contributed by atoms with Crippen LogP contribution < -0.4 is 4.74 Å². The third kappa shape index (κ3) is 4.78. The second-order valence-electron chi connectivity index (χ2n) is 7.60. The van der Waals surface area contributed by atoms with Gasteiger partial charge in [0.1, 0.15) is 5.75 Å². The molecule has 3 rings (SSSR count). The molecule has 1 N–H and O–H groups in total. The molecule has 0 radical (unpaired) electrons. The van der Waals surface area contributed by atoms with Gasteiger partial charge in [-0.15, -0.1) is 0 Å². The van der Waals surface area contributed by atoms with Gasteiger partial charge in [0, 0.05) is 0 Å². The van der Waals surface area contributed by atoms with Gasteiger partial charge in [0.05, 0.1) is 13.5 Å². The maximum atomic E-state index is 11.5. The number of methoxy groups -OCH3 is 1. The van der Waals surface area contributed by atoms with Crippen LogP contribution in [0.4, 0.5) is 0 Å². The van der Waals surface area contributed by atoms with Crippen molar-refractivity contribution in [2.24, 2.45) is 11.8 Å². The van der Waals surface area contributed by atoms with Crippen molar-refractivity contribution >= 4 is 11.5 Å². The lowest BCUT2D eigenvalue weighted by Crippen LogP contribution is -2.20. The summed E-state index contributed by atoms with van der Waals surface area (Å²) in [5, 5.41) is 9.44. The Balaban J connectivity index is 1.98. The number of hydrogen-bond donors (Lipinski definition) is 1. The highest BCUT2D eigenvalue weighted by Crippen LogP contribution is 2.40. The summed E-state index contributed by atoms with van der Waals surface area (Å²) in [7, 11) is 1.69. The molecule has 1 saturated carbocycles. The number of carbonyl (C=O) groups is 1. The van der Waals surface area contributed by atoms with Gasteiger partial charge in [-0.05, 0) is 67.2 Å². The molecule has 0 amide bonds. The largest absolute Gasteiger partial charge is 0.497 e. The lowest BCUT2D eigenvalue weighted by molar-refractivity contribution is -0.137. The zero-order valence-corrected chi connectivity index (χ0v) is 15.7. The molecule has 1 aromatic rings. The summed E-state index contributed by atoms with van der Waals surface area (Å²) in [5.74, 6) is 0.898. The third-order valence-electron chi connectivity index (χ3n) is 5.82. The Morgan fingerprint density at radius 2 is 1.96 bits per heavy atom. The van der Waals surface area contributed by atoms with Crippen LogP contribution in [0.1, 0.15) is 63.4 Å². The Morgan fingerprint density at radius 1 is 1.15 bits per heavy atom. The second kappa shape index (κ2) is 9.07. The van der Waals surface area contributed by atoms with E-state index in [1.165, 1.54) is 43.3 Å². The van der Waals surface area contributed by atoms with Gasteiger partial charge in [-0.1, -0.05) is 49.1 Å². The average molecular weight is 354 g/mol. The maximum absolute atomic E-state index is 11.5. The molecule has 1 aromatic carbocycles. The Morgan fingerprint density at radius 3 is 2.69 bits per heavy atom. The van der Waals surface area contributed by atoms with Crippen LogP contribution in [0.15, 0.2) is 42.0 Å². The predicted molar refractivity (Wildman–Crippen MR) is 105 cm³/mol. The number of hydrogen-bond acceptors (Lipinski definition) is 2. The standard InChI is InChI=1S/C23H30O3/c1-26-21-13-7-12-18(14-21)19-10-5-6-11-20(16-23(24)25)22(15-19)17-8-3-2-4-9-17/h7,10,12-15,17,20H,2-6,8-9,11,16H2,1H3,(H,24,25)/b19-10+,22-15-. The Labute approximate surface area is 156 Å². The van der Waals surface area contributed by atoms with Gasteiger partial charge in [-0.2, -0.15) is 0 Å². The van der Waals surface area contributed by atoms with Gasteiger partial charge >= 0.3 is 5.97 Å². The first-order valence-corrected chi connectivity index (χ1v) is 9.95. The monoisotopic (exact) mass is 354 g/mol. The molecular formula is C23H30O3. The molecule has 1 unspecified atom stereocenters. The van der Waals surface area contributed by atoms with Crippen molar-refractivity contribution in [2.75, 3.05) is 7.11 Å². The van der Waals surface area contributed by atoms with Crippen molar-refractivity contribution in [2.45, 2.75) is 57.8 Å². The van der Waals surface area contributed by atoms with E-state index in [4.69, 9.17) is 4.74 Å². The van der Waals surface area contributed by atoms with E-state index >= 15 is 0 Å². The smallest absolute Gasteiger partial charge is 0.303 e. The SMILES string of the molecule is COc1cccc(C2=C/CCCC(CC(=O)O)/C(C3CCCCC3)=C\2)c1.